The molecule has 9 atom stereocenters. The molecule has 0 spiro atoms. The molecule has 5 heterocycles. The predicted octanol–water partition coefficient (Wildman–Crippen LogP) is -0.435. The summed E-state index contributed by atoms with van der Waals surface area (Å²) in [4.78, 5) is 17.0. The number of rotatable bonds is 0. The molecule has 8 unspecified atom stereocenters. The van der Waals surface area contributed by atoms with Crippen LogP contribution in [0.5, 0.6) is 0 Å². The van der Waals surface area contributed by atoms with Crippen LogP contribution in [0.25, 0.3) is 0 Å². The van der Waals surface area contributed by atoms with Crippen molar-refractivity contribution in [3.63, 3.8) is 0 Å². The summed E-state index contributed by atoms with van der Waals surface area (Å²) >= 11 is 0. The second-order valence-corrected chi connectivity index (χ2v) is 9.13. The van der Waals surface area contributed by atoms with Gasteiger partial charge in [0, 0.05) is 24.7 Å². The van der Waals surface area contributed by atoms with Crippen LogP contribution in [-0.2, 0) is 4.74 Å². The molecule has 2 bridgehead atoms. The molecule has 5 fully saturated rings. The van der Waals surface area contributed by atoms with E-state index in [1.54, 1.807) is 4.90 Å². The molecule has 2 amide bonds. The standard InChI is InChI=1S/C19H33FN6O2/c1-10-5-8-25(2)13-3-6-21-12-9-11(20)18(23-15(12)13)26-16-14(28-10)4-7-22-17(16)24-19(26)27/h10-18,21-23H,3-9H2,1-2H3,(H,24,27)/t10-,11?,12?,13?,14?,15?,16?,17?,18?/m1/s1. The summed E-state index contributed by atoms with van der Waals surface area (Å²) in [5, 5.41) is 13.5. The Bertz CT molecular complexity index is 611. The Labute approximate surface area is 165 Å². The molecule has 8 nitrogen and oxygen atoms in total. The van der Waals surface area contributed by atoms with Crippen molar-refractivity contribution in [1.29, 1.82) is 0 Å². The zero-order valence-electron chi connectivity index (χ0n) is 16.7. The predicted molar refractivity (Wildman–Crippen MR) is 103 cm³/mol. The highest BCUT2D eigenvalue weighted by Crippen LogP contribution is 2.33. The molecule has 5 aliphatic rings. The lowest BCUT2D eigenvalue weighted by molar-refractivity contribution is -0.0904. The number of piperidine rings is 3. The van der Waals surface area contributed by atoms with Gasteiger partial charge in [-0.15, -0.1) is 0 Å². The summed E-state index contributed by atoms with van der Waals surface area (Å²) in [6.45, 7) is 4.77. The van der Waals surface area contributed by atoms with E-state index in [1.807, 2.05) is 0 Å². The molecule has 5 rings (SSSR count). The highest BCUT2D eigenvalue weighted by molar-refractivity contribution is 5.78. The van der Waals surface area contributed by atoms with Crippen molar-refractivity contribution in [2.75, 3.05) is 26.7 Å². The van der Waals surface area contributed by atoms with Crippen molar-refractivity contribution < 1.29 is 13.9 Å². The topological polar surface area (TPSA) is 80.9 Å². The summed E-state index contributed by atoms with van der Waals surface area (Å²) in [5.41, 5.74) is 0. The molecule has 4 N–H and O–H groups in total. The maximum Gasteiger partial charge on any atom is 0.320 e. The summed E-state index contributed by atoms with van der Waals surface area (Å²) in [6.07, 6.45) is 1.35. The van der Waals surface area contributed by atoms with Gasteiger partial charge in [-0.3, -0.25) is 15.5 Å². The number of fused-ring (bicyclic) bond motifs is 2. The Kier molecular flexibility index (Phi) is 4.99. The number of likely N-dealkylation sites (N-methyl/N-ethyl adjacent to an activating group) is 1. The smallest absolute Gasteiger partial charge is 0.320 e. The third-order valence-electron chi connectivity index (χ3n) is 7.39. The number of hydrogen-bond acceptors (Lipinski definition) is 6. The monoisotopic (exact) mass is 396 g/mol. The molecular formula is C19H33FN6O2. The van der Waals surface area contributed by atoms with Gasteiger partial charge < -0.3 is 20.3 Å². The number of alkyl halides is 1. The van der Waals surface area contributed by atoms with Crippen LogP contribution in [0.15, 0.2) is 0 Å². The lowest BCUT2D eigenvalue weighted by Gasteiger charge is -2.52. The van der Waals surface area contributed by atoms with E-state index in [0.717, 1.165) is 38.9 Å². The maximum atomic E-state index is 15.3. The van der Waals surface area contributed by atoms with E-state index in [-0.39, 0.29) is 42.5 Å². The maximum absolute atomic E-state index is 15.3. The second-order valence-electron chi connectivity index (χ2n) is 9.13. The van der Waals surface area contributed by atoms with E-state index in [2.05, 4.69) is 40.1 Å². The van der Waals surface area contributed by atoms with E-state index in [9.17, 15) is 4.79 Å². The number of carbonyl (C=O) groups is 1. The minimum absolute atomic E-state index is 0.0862. The minimum Gasteiger partial charge on any atom is -0.373 e. The van der Waals surface area contributed by atoms with Gasteiger partial charge in [0.1, 0.15) is 18.5 Å². The van der Waals surface area contributed by atoms with Gasteiger partial charge in [-0.05, 0) is 52.7 Å². The fourth-order valence-corrected chi connectivity index (χ4v) is 5.96. The number of nitrogens with one attached hydrogen (secondary N) is 4. The SMILES string of the molecule is C[C@@H]1CCN(C)C2CCNC3CC(F)C(NC32)N2C(=O)NC3NCCC(O1)C32. The van der Waals surface area contributed by atoms with Crippen LogP contribution in [0.2, 0.25) is 0 Å². The van der Waals surface area contributed by atoms with Crippen molar-refractivity contribution in [3.8, 4) is 0 Å². The molecule has 0 saturated carbocycles. The number of carbonyl (C=O) groups excluding carboxylic acids is 1. The summed E-state index contributed by atoms with van der Waals surface area (Å²) in [7, 11) is 2.16. The molecule has 9 heteroatoms. The molecule has 0 aliphatic carbocycles. The van der Waals surface area contributed by atoms with Gasteiger partial charge in [0.15, 0.2) is 0 Å². The van der Waals surface area contributed by atoms with Crippen LogP contribution < -0.4 is 21.3 Å². The van der Waals surface area contributed by atoms with E-state index in [4.69, 9.17) is 4.74 Å². The second kappa shape index (κ2) is 7.36. The Balaban J connectivity index is 1.51. The third kappa shape index (κ3) is 3.11. The molecule has 28 heavy (non-hydrogen) atoms. The van der Waals surface area contributed by atoms with Crippen molar-refractivity contribution in [2.45, 2.75) is 87.5 Å². The number of ether oxygens (including phenoxy) is 1. The molecule has 0 aromatic heterocycles. The van der Waals surface area contributed by atoms with Crippen molar-refractivity contribution in [2.24, 2.45) is 0 Å². The molecule has 5 saturated heterocycles. The van der Waals surface area contributed by atoms with Gasteiger partial charge in [-0.1, -0.05) is 0 Å². The van der Waals surface area contributed by atoms with Crippen LogP contribution in [0.4, 0.5) is 9.18 Å². The first-order valence-corrected chi connectivity index (χ1v) is 10.8. The summed E-state index contributed by atoms with van der Waals surface area (Å²) < 4.78 is 21.8. The molecule has 0 radical (unpaired) electrons. The zero-order chi connectivity index (χ0) is 19.4. The van der Waals surface area contributed by atoms with E-state index < -0.39 is 12.3 Å². The van der Waals surface area contributed by atoms with Gasteiger partial charge in [-0.2, -0.15) is 0 Å². The van der Waals surface area contributed by atoms with Gasteiger partial charge in [0.05, 0.1) is 18.2 Å². The number of halogens is 1. The van der Waals surface area contributed by atoms with Gasteiger partial charge >= 0.3 is 6.03 Å². The van der Waals surface area contributed by atoms with Crippen LogP contribution in [0.3, 0.4) is 0 Å². The minimum atomic E-state index is -1.11. The number of nitrogens with zero attached hydrogens (tertiary/aromatic N) is 2. The molecule has 0 aromatic rings. The highest BCUT2D eigenvalue weighted by Gasteiger charge is 2.54. The number of amides is 2. The van der Waals surface area contributed by atoms with Gasteiger partial charge in [0.25, 0.3) is 0 Å². The van der Waals surface area contributed by atoms with Crippen LogP contribution in [0.1, 0.15) is 32.6 Å². The molecule has 0 aromatic carbocycles. The number of hydrogen-bond donors (Lipinski definition) is 4. The fourth-order valence-electron chi connectivity index (χ4n) is 5.96. The first kappa shape index (κ1) is 19.0. The Morgan fingerprint density at radius 3 is 2.86 bits per heavy atom. The van der Waals surface area contributed by atoms with Crippen molar-refractivity contribution in [3.05, 3.63) is 0 Å². The molecular weight excluding hydrogens is 363 g/mol. The average Bonchev–Trinajstić information content (AvgIpc) is 3.01. The lowest BCUT2D eigenvalue weighted by atomic mass is 9.84. The van der Waals surface area contributed by atoms with Gasteiger partial charge in [-0.25, -0.2) is 9.18 Å². The van der Waals surface area contributed by atoms with Crippen LogP contribution >= 0.6 is 0 Å². The first-order valence-electron chi connectivity index (χ1n) is 10.8. The summed E-state index contributed by atoms with van der Waals surface area (Å²) in [5.74, 6) is 0. The quantitative estimate of drug-likeness (QED) is 0.445. The van der Waals surface area contributed by atoms with Crippen molar-refractivity contribution in [1.82, 2.24) is 31.1 Å². The number of urea groups is 1. The Morgan fingerprint density at radius 1 is 1.18 bits per heavy atom. The fraction of sp³-hybridized carbons (Fsp3) is 0.947. The van der Waals surface area contributed by atoms with E-state index >= 15 is 4.39 Å². The Hall–Kier alpha value is -1.00. The molecule has 5 aliphatic heterocycles. The van der Waals surface area contributed by atoms with Crippen LogP contribution in [-0.4, -0.2) is 97.4 Å². The lowest BCUT2D eigenvalue weighted by Crippen LogP contribution is -2.74. The largest absolute Gasteiger partial charge is 0.373 e. The van der Waals surface area contributed by atoms with Crippen molar-refractivity contribution >= 4 is 6.03 Å². The van der Waals surface area contributed by atoms with Gasteiger partial charge in [0.2, 0.25) is 0 Å². The molecule has 158 valence electrons. The normalized spacial score (nSPS) is 49.6. The average molecular weight is 397 g/mol. The third-order valence-corrected chi connectivity index (χ3v) is 7.39. The highest BCUT2D eigenvalue weighted by atomic mass is 19.1. The first-order chi connectivity index (χ1) is 13.5. The van der Waals surface area contributed by atoms with E-state index in [0.29, 0.717) is 12.5 Å². The Morgan fingerprint density at radius 2 is 2.00 bits per heavy atom. The zero-order valence-corrected chi connectivity index (χ0v) is 16.7. The van der Waals surface area contributed by atoms with E-state index in [1.165, 1.54) is 0 Å². The van der Waals surface area contributed by atoms with Crippen LogP contribution in [0, 0.1) is 0 Å². The summed E-state index contributed by atoms with van der Waals surface area (Å²) in [6, 6.07) is 0.173.